The molecule has 0 radical (unpaired) electrons. The molecule has 24 heavy (non-hydrogen) atoms. The molecule has 0 bridgehead atoms. The molecule has 0 saturated heterocycles. The van der Waals surface area contributed by atoms with Crippen LogP contribution in [0, 0.1) is 0 Å². The molecule has 3 aromatic heterocycles. The molecule has 4 aromatic rings. The molecule has 0 aliphatic rings. The number of fused-ring (bicyclic) bond motifs is 2. The average molecular weight is 340 g/mol. The fourth-order valence-corrected chi connectivity index (χ4v) is 3.46. The number of aliphatic hydroxyl groups excluding tert-OH is 1. The largest absolute Gasteiger partial charge is 0.395 e. The number of aromatic nitrogens is 3. The van der Waals surface area contributed by atoms with Crippen LogP contribution in [0.15, 0.2) is 39.8 Å². The Morgan fingerprint density at radius 1 is 1.21 bits per heavy atom. The Morgan fingerprint density at radius 3 is 2.92 bits per heavy atom. The summed E-state index contributed by atoms with van der Waals surface area (Å²) in [5, 5.41) is 13.9. The predicted octanol–water partition coefficient (Wildman–Crippen LogP) is 2.56. The number of nitrogens with one attached hydrogen (secondary N) is 2. The smallest absolute Gasteiger partial charge is 0.276 e. The zero-order chi connectivity index (χ0) is 16.7. The molecule has 6 nitrogen and oxygen atoms in total. The zero-order valence-corrected chi connectivity index (χ0v) is 13.9. The van der Waals surface area contributed by atoms with Gasteiger partial charge < -0.3 is 20.0 Å². The molecule has 0 spiro atoms. The molecule has 0 aliphatic carbocycles. The molecule has 1 aromatic carbocycles. The summed E-state index contributed by atoms with van der Waals surface area (Å²) in [5.74, 6) is 0. The van der Waals surface area contributed by atoms with Crippen LogP contribution in [0.4, 0.5) is 5.69 Å². The summed E-state index contributed by atoms with van der Waals surface area (Å²) in [7, 11) is 1.93. The summed E-state index contributed by atoms with van der Waals surface area (Å²) >= 11 is 1.51. The Hall–Kier alpha value is -2.64. The maximum absolute atomic E-state index is 12.3. The van der Waals surface area contributed by atoms with E-state index in [2.05, 4.69) is 15.0 Å². The van der Waals surface area contributed by atoms with Crippen molar-refractivity contribution in [3.8, 4) is 11.4 Å². The van der Waals surface area contributed by atoms with Gasteiger partial charge in [0.25, 0.3) is 5.56 Å². The van der Waals surface area contributed by atoms with Gasteiger partial charge in [0.1, 0.15) is 0 Å². The third-order valence-electron chi connectivity index (χ3n) is 4.07. The van der Waals surface area contributed by atoms with Crippen LogP contribution < -0.4 is 10.5 Å². The molecule has 4 rings (SSSR count). The number of aromatic amines is 2. The highest BCUT2D eigenvalue weighted by molar-refractivity contribution is 7.09. The Balaban J connectivity index is 1.81. The van der Waals surface area contributed by atoms with Gasteiger partial charge in [-0.25, -0.2) is 4.98 Å². The molecule has 0 fully saturated rings. The first-order chi connectivity index (χ1) is 11.7. The number of anilines is 1. The van der Waals surface area contributed by atoms with E-state index >= 15 is 0 Å². The highest BCUT2D eigenvalue weighted by atomic mass is 32.1. The first-order valence-corrected chi connectivity index (χ1v) is 8.51. The van der Waals surface area contributed by atoms with Gasteiger partial charge in [-0.3, -0.25) is 4.79 Å². The van der Waals surface area contributed by atoms with Crippen LogP contribution in [-0.2, 0) is 0 Å². The Kier molecular flexibility index (Phi) is 3.59. The second kappa shape index (κ2) is 5.77. The van der Waals surface area contributed by atoms with Crippen molar-refractivity contribution in [1.29, 1.82) is 0 Å². The van der Waals surface area contributed by atoms with Gasteiger partial charge in [-0.15, -0.1) is 11.3 Å². The minimum Gasteiger partial charge on any atom is -0.395 e. The zero-order valence-electron chi connectivity index (χ0n) is 13.0. The van der Waals surface area contributed by atoms with Crippen LogP contribution in [0.5, 0.6) is 0 Å². The van der Waals surface area contributed by atoms with Crippen LogP contribution in [0.3, 0.4) is 0 Å². The van der Waals surface area contributed by atoms with E-state index in [1.54, 1.807) is 0 Å². The summed E-state index contributed by atoms with van der Waals surface area (Å²) in [6.07, 6.45) is 0. The van der Waals surface area contributed by atoms with E-state index in [1.807, 2.05) is 47.0 Å². The van der Waals surface area contributed by atoms with Crippen molar-refractivity contribution in [2.45, 2.75) is 0 Å². The lowest BCUT2D eigenvalue weighted by Gasteiger charge is -2.17. The van der Waals surface area contributed by atoms with Crippen LogP contribution in [0.25, 0.3) is 33.3 Å². The summed E-state index contributed by atoms with van der Waals surface area (Å²) in [4.78, 5) is 24.9. The molecule has 122 valence electrons. The number of thiophene rings is 1. The summed E-state index contributed by atoms with van der Waals surface area (Å²) < 4.78 is 0. The minimum absolute atomic E-state index is 0.104. The van der Waals surface area contributed by atoms with Crippen LogP contribution in [0.2, 0.25) is 0 Å². The lowest BCUT2D eigenvalue weighted by molar-refractivity contribution is 0.304. The van der Waals surface area contributed by atoms with Crippen LogP contribution in [-0.4, -0.2) is 40.3 Å². The van der Waals surface area contributed by atoms with E-state index in [0.717, 1.165) is 27.6 Å². The van der Waals surface area contributed by atoms with Gasteiger partial charge in [-0.1, -0.05) is 0 Å². The number of hydrogen-bond acceptors (Lipinski definition) is 5. The quantitative estimate of drug-likeness (QED) is 0.533. The second-order valence-electron chi connectivity index (χ2n) is 5.68. The number of H-pyrrole nitrogens is 2. The van der Waals surface area contributed by atoms with E-state index in [0.29, 0.717) is 17.9 Å². The lowest BCUT2D eigenvalue weighted by atomic mass is 10.2. The van der Waals surface area contributed by atoms with Crippen molar-refractivity contribution in [2.75, 3.05) is 25.1 Å². The van der Waals surface area contributed by atoms with E-state index in [9.17, 15) is 4.79 Å². The lowest BCUT2D eigenvalue weighted by Crippen LogP contribution is -2.20. The number of benzene rings is 1. The molecule has 0 amide bonds. The number of hydrogen-bond donors (Lipinski definition) is 3. The average Bonchev–Trinajstić information content (AvgIpc) is 3.19. The monoisotopic (exact) mass is 340 g/mol. The molecule has 7 heteroatoms. The second-order valence-corrected chi connectivity index (χ2v) is 6.43. The van der Waals surface area contributed by atoms with Gasteiger partial charge in [0.05, 0.1) is 23.3 Å². The first kappa shape index (κ1) is 14.9. The first-order valence-electron chi connectivity index (χ1n) is 7.57. The third kappa shape index (κ3) is 2.47. The van der Waals surface area contributed by atoms with E-state index < -0.39 is 0 Å². The van der Waals surface area contributed by atoms with Gasteiger partial charge in [0, 0.05) is 40.9 Å². The summed E-state index contributed by atoms with van der Waals surface area (Å²) in [5.41, 5.74) is 4.39. The summed E-state index contributed by atoms with van der Waals surface area (Å²) in [6, 6.07) is 7.92. The van der Waals surface area contributed by atoms with Crippen molar-refractivity contribution in [1.82, 2.24) is 15.0 Å². The Bertz CT molecular complexity index is 1080. The maximum atomic E-state index is 12.3. The van der Waals surface area contributed by atoms with Gasteiger partial charge in [0.2, 0.25) is 0 Å². The number of rotatable bonds is 4. The maximum Gasteiger partial charge on any atom is 0.276 e. The molecular weight excluding hydrogens is 324 g/mol. The van der Waals surface area contributed by atoms with Gasteiger partial charge >= 0.3 is 0 Å². The fraction of sp³-hybridized carbons (Fsp3) is 0.176. The van der Waals surface area contributed by atoms with Gasteiger partial charge in [0.15, 0.2) is 5.69 Å². The van der Waals surface area contributed by atoms with Crippen molar-refractivity contribution < 1.29 is 5.11 Å². The van der Waals surface area contributed by atoms with Crippen molar-refractivity contribution >= 4 is 39.0 Å². The highest BCUT2D eigenvalue weighted by Gasteiger charge is 2.12. The van der Waals surface area contributed by atoms with Crippen molar-refractivity contribution in [3.63, 3.8) is 0 Å². The van der Waals surface area contributed by atoms with Crippen LogP contribution in [0.1, 0.15) is 0 Å². The number of nitrogens with zero attached hydrogens (tertiary/aromatic N) is 2. The van der Waals surface area contributed by atoms with E-state index in [-0.39, 0.29) is 12.2 Å². The van der Waals surface area contributed by atoms with Crippen molar-refractivity contribution in [3.05, 3.63) is 45.4 Å². The molecule has 3 heterocycles. The SMILES string of the molecule is CN(CCO)c1ccc2[nH]c(-c3nc4cscc4[nH]c3=O)cc2c1. The molecule has 0 aliphatic heterocycles. The number of aliphatic hydroxyl groups is 1. The van der Waals surface area contributed by atoms with Crippen LogP contribution >= 0.6 is 11.3 Å². The van der Waals surface area contributed by atoms with Gasteiger partial charge in [-0.2, -0.15) is 0 Å². The Labute approximate surface area is 141 Å². The fourth-order valence-electron chi connectivity index (χ4n) is 2.77. The third-order valence-corrected chi connectivity index (χ3v) is 4.80. The van der Waals surface area contributed by atoms with E-state index in [4.69, 9.17) is 5.11 Å². The van der Waals surface area contributed by atoms with Crippen molar-refractivity contribution in [2.24, 2.45) is 0 Å². The minimum atomic E-state index is -0.204. The standard InChI is InChI=1S/C17H16N4O2S/c1-21(4-5-22)11-2-3-12-10(6-11)7-13(18-12)16-17(23)20-15-9-24-8-14(15)19-16/h2-3,6-9,18,22H,4-5H2,1H3,(H,20,23). The molecule has 3 N–H and O–H groups in total. The normalized spacial score (nSPS) is 11.4. The highest BCUT2D eigenvalue weighted by Crippen LogP contribution is 2.26. The predicted molar refractivity (Wildman–Crippen MR) is 97.9 cm³/mol. The molecular formula is C17H16N4O2S. The topological polar surface area (TPSA) is 85.0 Å². The number of likely N-dealkylation sites (N-methyl/N-ethyl adjacent to an activating group) is 1. The molecule has 0 atom stereocenters. The van der Waals surface area contributed by atoms with Gasteiger partial charge in [-0.05, 0) is 24.3 Å². The molecule has 0 saturated carbocycles. The Morgan fingerprint density at radius 2 is 2.08 bits per heavy atom. The van der Waals surface area contributed by atoms with E-state index in [1.165, 1.54) is 11.3 Å². The molecule has 0 unspecified atom stereocenters. The summed E-state index contributed by atoms with van der Waals surface area (Å²) in [6.45, 7) is 0.672.